The minimum atomic E-state index is -3.42. The summed E-state index contributed by atoms with van der Waals surface area (Å²) in [7, 11) is -3.42. The van der Waals surface area contributed by atoms with Crippen LogP contribution in [0, 0.1) is 0 Å². The van der Waals surface area contributed by atoms with Crippen molar-refractivity contribution in [3.63, 3.8) is 0 Å². The number of sulfonamides is 1. The van der Waals surface area contributed by atoms with Crippen molar-refractivity contribution in [2.24, 2.45) is 0 Å². The maximum Gasteiger partial charge on any atom is 0.243 e. The number of rotatable bonds is 5. The van der Waals surface area contributed by atoms with Gasteiger partial charge in [0.15, 0.2) is 0 Å². The van der Waals surface area contributed by atoms with Crippen LogP contribution in [0.15, 0.2) is 17.3 Å². The fraction of sp³-hybridized carbons (Fsp3) is 0.727. The number of nitrogens with zero attached hydrogens (tertiary/aromatic N) is 1. The average Bonchev–Trinajstić information content (AvgIpc) is 2.92. The molecule has 5 nitrogen and oxygen atoms in total. The topological polar surface area (TPSA) is 74.8 Å². The first-order chi connectivity index (χ1) is 8.58. The van der Waals surface area contributed by atoms with E-state index in [0.717, 1.165) is 12.8 Å². The molecule has 18 heavy (non-hydrogen) atoms. The van der Waals surface area contributed by atoms with E-state index >= 15 is 0 Å². The van der Waals surface area contributed by atoms with Gasteiger partial charge in [-0.1, -0.05) is 19.3 Å². The monoisotopic (exact) mass is 289 g/mol. The summed E-state index contributed by atoms with van der Waals surface area (Å²) in [5.74, 6) is 0. The lowest BCUT2D eigenvalue weighted by Crippen LogP contribution is -2.41. The van der Waals surface area contributed by atoms with Gasteiger partial charge in [-0.25, -0.2) is 13.1 Å². The summed E-state index contributed by atoms with van der Waals surface area (Å²) in [6, 6.07) is 0. The van der Waals surface area contributed by atoms with Gasteiger partial charge >= 0.3 is 0 Å². The molecular weight excluding hydrogens is 270 g/mol. The van der Waals surface area contributed by atoms with Gasteiger partial charge in [0.2, 0.25) is 10.0 Å². The SMILES string of the molecule is CSC1(CNS(=O)(=O)c2cn[nH]c2)CCCCC1. The van der Waals surface area contributed by atoms with Gasteiger partial charge in [-0.15, -0.1) is 0 Å². The standard InChI is InChI=1S/C11H19N3O2S2/c1-17-11(5-3-2-4-6-11)9-14-18(15,16)10-7-12-13-8-10/h7-8,14H,2-6,9H2,1H3,(H,12,13). The summed E-state index contributed by atoms with van der Waals surface area (Å²) in [4.78, 5) is 0.203. The summed E-state index contributed by atoms with van der Waals surface area (Å²) >= 11 is 1.78. The number of nitrogens with one attached hydrogen (secondary N) is 2. The van der Waals surface area contributed by atoms with Crippen molar-refractivity contribution in [2.45, 2.75) is 41.7 Å². The Bertz CT molecular complexity index is 464. The Morgan fingerprint density at radius 3 is 2.72 bits per heavy atom. The summed E-state index contributed by atoms with van der Waals surface area (Å²) in [5.41, 5.74) is 0. The highest BCUT2D eigenvalue weighted by molar-refractivity contribution is 8.00. The smallest absolute Gasteiger partial charge is 0.243 e. The molecule has 1 aliphatic rings. The van der Waals surface area contributed by atoms with Crippen molar-refractivity contribution in [1.82, 2.24) is 14.9 Å². The van der Waals surface area contributed by atoms with Crippen LogP contribution < -0.4 is 4.72 Å². The van der Waals surface area contributed by atoms with Crippen LogP contribution in [-0.2, 0) is 10.0 Å². The summed E-state index contributed by atoms with van der Waals surface area (Å²) in [6.07, 6.45) is 10.6. The first kappa shape index (κ1) is 13.9. The van der Waals surface area contributed by atoms with E-state index in [4.69, 9.17) is 0 Å². The number of H-pyrrole nitrogens is 1. The Balaban J connectivity index is 2.02. The van der Waals surface area contributed by atoms with Gasteiger partial charge in [0.1, 0.15) is 4.90 Å². The molecule has 0 bridgehead atoms. The molecule has 0 aliphatic heterocycles. The molecule has 0 radical (unpaired) electrons. The van der Waals surface area contributed by atoms with Crippen molar-refractivity contribution < 1.29 is 8.42 Å². The maximum absolute atomic E-state index is 12.0. The second-order valence-corrected chi connectivity index (χ2v) is 7.75. The van der Waals surface area contributed by atoms with Gasteiger partial charge in [-0.3, -0.25) is 5.10 Å². The van der Waals surface area contributed by atoms with Crippen LogP contribution in [0.2, 0.25) is 0 Å². The Hall–Kier alpha value is -0.530. The molecule has 1 fully saturated rings. The number of hydrogen-bond donors (Lipinski definition) is 2. The Kier molecular flexibility index (Phi) is 4.34. The predicted molar refractivity (Wildman–Crippen MR) is 73.1 cm³/mol. The van der Waals surface area contributed by atoms with Gasteiger partial charge in [-0.2, -0.15) is 16.9 Å². The highest BCUT2D eigenvalue weighted by Crippen LogP contribution is 2.38. The molecule has 0 saturated heterocycles. The molecule has 2 rings (SSSR count). The molecule has 102 valence electrons. The van der Waals surface area contributed by atoms with E-state index in [1.165, 1.54) is 31.7 Å². The second kappa shape index (κ2) is 5.63. The molecule has 0 unspecified atom stereocenters. The van der Waals surface area contributed by atoms with Crippen LogP contribution in [-0.4, -0.2) is 36.2 Å². The van der Waals surface area contributed by atoms with E-state index in [9.17, 15) is 8.42 Å². The largest absolute Gasteiger partial charge is 0.284 e. The molecule has 0 aromatic carbocycles. The number of thioether (sulfide) groups is 1. The summed E-state index contributed by atoms with van der Waals surface area (Å²) < 4.78 is 26.8. The van der Waals surface area contributed by atoms with Crippen LogP contribution in [0.25, 0.3) is 0 Å². The Morgan fingerprint density at radius 1 is 1.44 bits per heavy atom. The minimum absolute atomic E-state index is 0.0645. The molecule has 0 amide bonds. The van der Waals surface area contributed by atoms with Crippen LogP contribution in [0.4, 0.5) is 0 Å². The molecule has 1 aromatic rings. The second-order valence-electron chi connectivity index (χ2n) is 4.71. The lowest BCUT2D eigenvalue weighted by molar-refractivity contribution is 0.395. The fourth-order valence-corrected chi connectivity index (χ4v) is 4.38. The molecule has 0 spiro atoms. The molecule has 1 heterocycles. The maximum atomic E-state index is 12.0. The van der Waals surface area contributed by atoms with Crippen molar-refractivity contribution in [3.8, 4) is 0 Å². The van der Waals surface area contributed by atoms with Crippen molar-refractivity contribution in [2.75, 3.05) is 12.8 Å². The van der Waals surface area contributed by atoms with Crippen molar-refractivity contribution in [3.05, 3.63) is 12.4 Å². The number of aromatic amines is 1. The molecular formula is C11H19N3O2S2. The van der Waals surface area contributed by atoms with E-state index in [1.807, 2.05) is 0 Å². The lowest BCUT2D eigenvalue weighted by atomic mass is 9.88. The fourth-order valence-electron chi connectivity index (χ4n) is 2.35. The normalized spacial score (nSPS) is 19.8. The van der Waals surface area contributed by atoms with Crippen LogP contribution in [0.3, 0.4) is 0 Å². The third-order valence-electron chi connectivity index (χ3n) is 3.57. The zero-order valence-electron chi connectivity index (χ0n) is 10.5. The molecule has 0 atom stereocenters. The quantitative estimate of drug-likeness (QED) is 0.866. The van der Waals surface area contributed by atoms with Gasteiger partial charge in [-0.05, 0) is 19.1 Å². The van der Waals surface area contributed by atoms with E-state index in [-0.39, 0.29) is 9.64 Å². The summed E-state index contributed by atoms with van der Waals surface area (Å²) in [5, 5.41) is 6.19. The van der Waals surface area contributed by atoms with Crippen LogP contribution in [0.5, 0.6) is 0 Å². The zero-order valence-corrected chi connectivity index (χ0v) is 12.1. The first-order valence-corrected chi connectivity index (χ1v) is 8.82. The van der Waals surface area contributed by atoms with Crippen molar-refractivity contribution >= 4 is 21.8 Å². The van der Waals surface area contributed by atoms with E-state index < -0.39 is 10.0 Å². The molecule has 1 saturated carbocycles. The number of aromatic nitrogens is 2. The van der Waals surface area contributed by atoms with Crippen LogP contribution in [0.1, 0.15) is 32.1 Å². The lowest BCUT2D eigenvalue weighted by Gasteiger charge is -2.35. The van der Waals surface area contributed by atoms with Crippen LogP contribution >= 0.6 is 11.8 Å². The Morgan fingerprint density at radius 2 is 2.17 bits per heavy atom. The highest BCUT2D eigenvalue weighted by Gasteiger charge is 2.32. The molecule has 2 N–H and O–H groups in total. The van der Waals surface area contributed by atoms with Crippen molar-refractivity contribution in [1.29, 1.82) is 0 Å². The van der Waals surface area contributed by atoms with Gasteiger partial charge in [0, 0.05) is 17.5 Å². The van der Waals surface area contributed by atoms with Gasteiger partial charge < -0.3 is 0 Å². The highest BCUT2D eigenvalue weighted by atomic mass is 32.2. The summed E-state index contributed by atoms with van der Waals surface area (Å²) in [6.45, 7) is 0.502. The Labute approximate surface area is 112 Å². The number of hydrogen-bond acceptors (Lipinski definition) is 4. The molecule has 7 heteroatoms. The predicted octanol–water partition coefficient (Wildman–Crippen LogP) is 1.75. The van der Waals surface area contributed by atoms with E-state index in [0.29, 0.717) is 6.54 Å². The first-order valence-electron chi connectivity index (χ1n) is 6.12. The van der Waals surface area contributed by atoms with Gasteiger partial charge in [0.25, 0.3) is 0 Å². The van der Waals surface area contributed by atoms with Gasteiger partial charge in [0.05, 0.1) is 6.20 Å². The molecule has 1 aromatic heterocycles. The average molecular weight is 289 g/mol. The third-order valence-corrected chi connectivity index (χ3v) is 6.35. The molecule has 1 aliphatic carbocycles. The minimum Gasteiger partial charge on any atom is -0.284 e. The van der Waals surface area contributed by atoms with E-state index in [1.54, 1.807) is 11.8 Å². The zero-order chi connectivity index (χ0) is 13.1. The van der Waals surface area contributed by atoms with E-state index in [2.05, 4.69) is 21.2 Å². The third kappa shape index (κ3) is 3.07.